The van der Waals surface area contributed by atoms with Crippen molar-refractivity contribution in [3.8, 4) is 0 Å². The first kappa shape index (κ1) is 20.5. The zero-order chi connectivity index (χ0) is 18.9. The predicted octanol–water partition coefficient (Wildman–Crippen LogP) is 0.558. The number of carbonyl (C=O) groups excluding carboxylic acids is 1. The van der Waals surface area contributed by atoms with Crippen LogP contribution < -0.4 is 11.0 Å². The van der Waals surface area contributed by atoms with E-state index in [1.165, 1.54) is 10.8 Å². The molecule has 9 heteroatoms. The van der Waals surface area contributed by atoms with E-state index in [-0.39, 0.29) is 24.9 Å². The first-order valence-corrected chi connectivity index (χ1v) is 8.91. The second-order valence-corrected chi connectivity index (χ2v) is 6.55. The number of aliphatic hydroxyl groups is 1. The van der Waals surface area contributed by atoms with Crippen LogP contribution >= 0.6 is 0 Å². The lowest BCUT2D eigenvalue weighted by atomic mass is 10.1. The van der Waals surface area contributed by atoms with Crippen molar-refractivity contribution in [1.29, 1.82) is 0 Å². The molecular weight excluding hydrogens is 340 g/mol. The van der Waals surface area contributed by atoms with Gasteiger partial charge in [-0.3, -0.25) is 9.36 Å². The average molecular weight is 368 g/mol. The summed E-state index contributed by atoms with van der Waals surface area (Å²) in [4.78, 5) is 30.0. The highest BCUT2D eigenvalue weighted by Gasteiger charge is 2.27. The van der Waals surface area contributed by atoms with Crippen LogP contribution in [0.25, 0.3) is 0 Å². The van der Waals surface area contributed by atoms with Crippen LogP contribution in [0.1, 0.15) is 38.3 Å². The van der Waals surface area contributed by atoms with Gasteiger partial charge in [-0.05, 0) is 39.5 Å². The molecule has 1 aromatic rings. The van der Waals surface area contributed by atoms with E-state index in [0.29, 0.717) is 6.42 Å². The van der Waals surface area contributed by atoms with Gasteiger partial charge in [0.1, 0.15) is 5.82 Å². The first-order valence-electron chi connectivity index (χ1n) is 8.91. The Morgan fingerprint density at radius 1 is 1.38 bits per heavy atom. The van der Waals surface area contributed by atoms with E-state index in [4.69, 9.17) is 14.6 Å². The van der Waals surface area contributed by atoms with Gasteiger partial charge in [-0.1, -0.05) is 12.8 Å². The van der Waals surface area contributed by atoms with Crippen LogP contribution in [0.15, 0.2) is 17.1 Å². The molecule has 0 saturated carbocycles. The fraction of sp³-hybridized carbons (Fsp3) is 0.706. The van der Waals surface area contributed by atoms with E-state index in [9.17, 15) is 9.59 Å². The Balaban J connectivity index is 1.75. The number of ether oxygens (including phenoxy) is 2. The van der Waals surface area contributed by atoms with Crippen LogP contribution in [0.4, 0.5) is 5.82 Å². The molecule has 2 N–H and O–H groups in total. The van der Waals surface area contributed by atoms with Crippen molar-refractivity contribution >= 4 is 11.7 Å². The lowest BCUT2D eigenvalue weighted by molar-refractivity contribution is -0.116. The third-order valence-corrected chi connectivity index (χ3v) is 4.05. The summed E-state index contributed by atoms with van der Waals surface area (Å²) in [6.45, 7) is 0.940. The standard InChI is InChI=1S/C17H28N4O5/c1-20(2)9-6-4-3-5-7-14(23)18-13-8-10-21(17(24)19-13)15-12-25-16(11-22)26-15/h8,10,15-16,22H,3-7,9,11-12H2,1-2H3,(H,18,19,23,24). The third kappa shape index (κ3) is 6.49. The summed E-state index contributed by atoms with van der Waals surface area (Å²) in [5.41, 5.74) is -0.543. The Kier molecular flexibility index (Phi) is 8.17. The van der Waals surface area contributed by atoms with Gasteiger partial charge in [-0.25, -0.2) is 4.79 Å². The van der Waals surface area contributed by atoms with Crippen molar-refractivity contribution < 1.29 is 19.4 Å². The number of anilines is 1. The van der Waals surface area contributed by atoms with Crippen LogP contribution in [0.2, 0.25) is 0 Å². The molecule has 0 aromatic carbocycles. The number of carbonyl (C=O) groups is 1. The molecule has 2 unspecified atom stereocenters. The van der Waals surface area contributed by atoms with Crippen LogP contribution in [-0.4, -0.2) is 65.6 Å². The van der Waals surface area contributed by atoms with Gasteiger partial charge in [0.05, 0.1) is 13.2 Å². The number of amides is 1. The fourth-order valence-corrected chi connectivity index (χ4v) is 2.66. The predicted molar refractivity (Wildman–Crippen MR) is 95.7 cm³/mol. The molecule has 2 atom stereocenters. The summed E-state index contributed by atoms with van der Waals surface area (Å²) in [6.07, 6.45) is 4.58. The monoisotopic (exact) mass is 368 g/mol. The van der Waals surface area contributed by atoms with Crippen molar-refractivity contribution in [3.63, 3.8) is 0 Å². The van der Waals surface area contributed by atoms with Crippen LogP contribution in [-0.2, 0) is 14.3 Å². The first-order chi connectivity index (χ1) is 12.5. The van der Waals surface area contributed by atoms with Gasteiger partial charge in [0, 0.05) is 12.6 Å². The molecule has 0 aliphatic carbocycles. The normalized spacial score (nSPS) is 19.8. The number of aromatic nitrogens is 2. The molecule has 26 heavy (non-hydrogen) atoms. The van der Waals surface area contributed by atoms with E-state index >= 15 is 0 Å². The number of hydrogen-bond donors (Lipinski definition) is 2. The number of nitrogens with one attached hydrogen (secondary N) is 1. The van der Waals surface area contributed by atoms with Gasteiger partial charge in [-0.15, -0.1) is 0 Å². The van der Waals surface area contributed by atoms with Gasteiger partial charge >= 0.3 is 5.69 Å². The lowest BCUT2D eigenvalue weighted by Crippen LogP contribution is -2.29. The maximum atomic E-state index is 12.1. The molecule has 1 fully saturated rings. The molecule has 2 heterocycles. The number of hydrogen-bond acceptors (Lipinski definition) is 7. The summed E-state index contributed by atoms with van der Waals surface area (Å²) < 4.78 is 11.8. The summed E-state index contributed by atoms with van der Waals surface area (Å²) in [7, 11) is 4.09. The number of unbranched alkanes of at least 4 members (excludes halogenated alkanes) is 3. The second kappa shape index (κ2) is 10.4. The summed E-state index contributed by atoms with van der Waals surface area (Å²) in [5, 5.41) is 11.6. The van der Waals surface area contributed by atoms with Gasteiger partial charge < -0.3 is 24.8 Å². The second-order valence-electron chi connectivity index (χ2n) is 6.55. The minimum absolute atomic E-state index is 0.150. The Morgan fingerprint density at radius 2 is 2.15 bits per heavy atom. The van der Waals surface area contributed by atoms with E-state index in [0.717, 1.165) is 32.2 Å². The Morgan fingerprint density at radius 3 is 2.81 bits per heavy atom. The van der Waals surface area contributed by atoms with E-state index in [1.54, 1.807) is 6.07 Å². The molecule has 2 rings (SSSR count). The molecule has 1 saturated heterocycles. The Hall–Kier alpha value is -1.81. The van der Waals surface area contributed by atoms with Crippen molar-refractivity contribution in [2.75, 3.05) is 39.2 Å². The van der Waals surface area contributed by atoms with Crippen molar-refractivity contribution in [2.24, 2.45) is 0 Å². The van der Waals surface area contributed by atoms with E-state index in [2.05, 4.69) is 15.2 Å². The number of nitrogens with zero attached hydrogens (tertiary/aromatic N) is 3. The molecule has 9 nitrogen and oxygen atoms in total. The van der Waals surface area contributed by atoms with Crippen LogP contribution in [0, 0.1) is 0 Å². The van der Waals surface area contributed by atoms with Crippen LogP contribution in [0.3, 0.4) is 0 Å². The highest BCUT2D eigenvalue weighted by molar-refractivity contribution is 5.89. The molecular formula is C17H28N4O5. The van der Waals surface area contributed by atoms with Crippen molar-refractivity contribution in [2.45, 2.75) is 44.6 Å². The number of rotatable bonds is 10. The maximum absolute atomic E-state index is 12.1. The number of aliphatic hydroxyl groups excluding tert-OH is 1. The highest BCUT2D eigenvalue weighted by Crippen LogP contribution is 2.19. The zero-order valence-electron chi connectivity index (χ0n) is 15.4. The van der Waals surface area contributed by atoms with Gasteiger partial charge in [0.15, 0.2) is 12.5 Å². The van der Waals surface area contributed by atoms with Crippen molar-refractivity contribution in [3.05, 3.63) is 22.7 Å². The summed E-state index contributed by atoms with van der Waals surface area (Å²) in [6, 6.07) is 1.55. The van der Waals surface area contributed by atoms with Crippen molar-refractivity contribution in [1.82, 2.24) is 14.5 Å². The maximum Gasteiger partial charge on any atom is 0.351 e. The van der Waals surface area contributed by atoms with E-state index in [1.807, 2.05) is 14.1 Å². The Labute approximate surface area is 152 Å². The summed E-state index contributed by atoms with van der Waals surface area (Å²) >= 11 is 0. The molecule has 0 spiro atoms. The quantitative estimate of drug-likeness (QED) is 0.581. The molecule has 1 aliphatic rings. The minimum atomic E-state index is -0.732. The third-order valence-electron chi connectivity index (χ3n) is 4.05. The average Bonchev–Trinajstić information content (AvgIpc) is 3.06. The van der Waals surface area contributed by atoms with Gasteiger partial charge in [-0.2, -0.15) is 4.98 Å². The molecule has 146 valence electrons. The van der Waals surface area contributed by atoms with E-state index < -0.39 is 18.2 Å². The minimum Gasteiger partial charge on any atom is -0.391 e. The molecule has 1 aromatic heterocycles. The Bertz CT molecular complexity index is 634. The largest absolute Gasteiger partial charge is 0.391 e. The fourth-order valence-electron chi connectivity index (χ4n) is 2.66. The summed E-state index contributed by atoms with van der Waals surface area (Å²) in [5.74, 6) is 0.0736. The molecule has 1 aliphatic heterocycles. The zero-order valence-corrected chi connectivity index (χ0v) is 15.4. The van der Waals surface area contributed by atoms with Gasteiger partial charge in [0.25, 0.3) is 0 Å². The molecule has 0 bridgehead atoms. The van der Waals surface area contributed by atoms with Crippen LogP contribution in [0.5, 0.6) is 0 Å². The lowest BCUT2D eigenvalue weighted by Gasteiger charge is -2.13. The highest BCUT2D eigenvalue weighted by atomic mass is 16.7. The molecule has 1 amide bonds. The smallest absolute Gasteiger partial charge is 0.351 e. The SMILES string of the molecule is CN(C)CCCCCCC(=O)Nc1ccn(C2COC(CO)O2)c(=O)n1. The topological polar surface area (TPSA) is 106 Å². The molecule has 0 radical (unpaired) electrons. The van der Waals surface area contributed by atoms with Gasteiger partial charge in [0.2, 0.25) is 5.91 Å².